The lowest BCUT2D eigenvalue weighted by molar-refractivity contribution is -0.174. The maximum atomic E-state index is 13.3. The van der Waals surface area contributed by atoms with Crippen molar-refractivity contribution in [2.45, 2.75) is 81.5 Å². The summed E-state index contributed by atoms with van der Waals surface area (Å²) < 4.78 is 55.1. The quantitative estimate of drug-likeness (QED) is 0.312. The van der Waals surface area contributed by atoms with E-state index in [0.717, 1.165) is 29.2 Å². The first kappa shape index (κ1) is 32.2. The molecule has 0 fully saturated rings. The Kier molecular flexibility index (Phi) is 9.28. The Morgan fingerprint density at radius 2 is 2.00 bits per heavy atom. The standard InChI is InChI=1S/C33H40F3N3O4S/c1-5-22-13-15-39-19-32(14-12-23-17-21(2)8-10-25(23)32)20-42-28-11-9-24(18-27(28)39)44-38-29(40)31(3,4)43-16-6-7-26(22)37-30(41)33(34,35)36/h6-11,17-18,22,26H,5,12-16,19-20H2,1-4H3,(H,37,41)(H,38,40)/b7-6+. The second-order valence-corrected chi connectivity index (χ2v) is 13.4. The highest BCUT2D eigenvalue weighted by molar-refractivity contribution is 7.98. The maximum absolute atomic E-state index is 13.3. The number of anilines is 1. The van der Waals surface area contributed by atoms with E-state index in [-0.39, 0.29) is 23.8 Å². The van der Waals surface area contributed by atoms with E-state index < -0.39 is 23.7 Å². The first-order chi connectivity index (χ1) is 20.8. The molecular weight excluding hydrogens is 591 g/mol. The van der Waals surface area contributed by atoms with Crippen molar-refractivity contribution >= 4 is 29.4 Å². The molecule has 7 nitrogen and oxygen atoms in total. The van der Waals surface area contributed by atoms with Crippen LogP contribution < -0.4 is 19.7 Å². The average Bonchev–Trinajstić information content (AvgIpc) is 3.23. The van der Waals surface area contributed by atoms with Gasteiger partial charge in [-0.25, -0.2) is 0 Å². The number of carbonyl (C=O) groups excluding carboxylic acids is 2. The van der Waals surface area contributed by atoms with Crippen molar-refractivity contribution in [1.82, 2.24) is 10.0 Å². The van der Waals surface area contributed by atoms with Gasteiger partial charge in [-0.3, -0.25) is 14.3 Å². The second-order valence-electron chi connectivity index (χ2n) is 12.5. The number of fused-ring (bicyclic) bond motifs is 3. The molecule has 2 aliphatic heterocycles. The van der Waals surface area contributed by atoms with E-state index in [2.05, 4.69) is 40.1 Å². The van der Waals surface area contributed by atoms with Gasteiger partial charge in [0.1, 0.15) is 11.4 Å². The van der Waals surface area contributed by atoms with Gasteiger partial charge in [0, 0.05) is 23.4 Å². The number of nitrogens with one attached hydrogen (secondary N) is 2. The maximum Gasteiger partial charge on any atom is 0.471 e. The van der Waals surface area contributed by atoms with Crippen LogP contribution in [0, 0.1) is 12.8 Å². The number of rotatable bonds is 2. The zero-order valence-electron chi connectivity index (χ0n) is 25.6. The summed E-state index contributed by atoms with van der Waals surface area (Å²) in [4.78, 5) is 28.2. The van der Waals surface area contributed by atoms with Crippen molar-refractivity contribution in [3.05, 3.63) is 65.2 Å². The van der Waals surface area contributed by atoms with Crippen molar-refractivity contribution in [3.8, 4) is 5.75 Å². The first-order valence-electron chi connectivity index (χ1n) is 15.1. The Morgan fingerprint density at radius 3 is 2.75 bits per heavy atom. The summed E-state index contributed by atoms with van der Waals surface area (Å²) in [5, 5.41) is 2.20. The molecule has 1 spiro atoms. The number of carbonyl (C=O) groups is 2. The summed E-state index contributed by atoms with van der Waals surface area (Å²) in [6, 6.07) is 11.5. The number of aryl methyl sites for hydroxylation is 2. The van der Waals surface area contributed by atoms with Gasteiger partial charge in [0.15, 0.2) is 0 Å². The highest BCUT2D eigenvalue weighted by atomic mass is 32.2. The smallest absolute Gasteiger partial charge is 0.471 e. The van der Waals surface area contributed by atoms with Crippen molar-refractivity contribution in [3.63, 3.8) is 0 Å². The lowest BCUT2D eigenvalue weighted by Gasteiger charge is -2.35. The zero-order valence-corrected chi connectivity index (χ0v) is 26.4. The molecule has 2 heterocycles. The van der Waals surface area contributed by atoms with Gasteiger partial charge in [0.25, 0.3) is 5.91 Å². The minimum atomic E-state index is -5.01. The van der Waals surface area contributed by atoms with E-state index in [4.69, 9.17) is 9.47 Å². The fourth-order valence-electron chi connectivity index (χ4n) is 6.38. The van der Waals surface area contributed by atoms with Gasteiger partial charge in [0.05, 0.1) is 24.9 Å². The fourth-order valence-corrected chi connectivity index (χ4v) is 7.14. The van der Waals surface area contributed by atoms with Crippen LogP contribution in [0.15, 0.2) is 53.4 Å². The number of amides is 2. The Morgan fingerprint density at radius 1 is 1.20 bits per heavy atom. The molecule has 2 aromatic carbocycles. The number of nitrogens with zero attached hydrogens (tertiary/aromatic N) is 1. The van der Waals surface area contributed by atoms with Gasteiger partial charge < -0.3 is 19.7 Å². The highest BCUT2D eigenvalue weighted by Gasteiger charge is 2.44. The molecule has 0 radical (unpaired) electrons. The molecule has 44 heavy (non-hydrogen) atoms. The lowest BCUT2D eigenvalue weighted by Crippen LogP contribution is -2.47. The lowest BCUT2D eigenvalue weighted by atomic mass is 9.81. The molecule has 11 heteroatoms. The number of ether oxygens (including phenoxy) is 2. The molecule has 0 saturated heterocycles. The molecule has 2 N–H and O–H groups in total. The first-order valence-corrected chi connectivity index (χ1v) is 15.9. The van der Waals surface area contributed by atoms with E-state index in [1.807, 2.05) is 25.1 Å². The predicted octanol–water partition coefficient (Wildman–Crippen LogP) is 6.03. The summed E-state index contributed by atoms with van der Waals surface area (Å²) in [6.07, 6.45) is 1.07. The van der Waals surface area contributed by atoms with Crippen molar-refractivity contribution < 1.29 is 32.2 Å². The molecule has 3 aliphatic rings. The van der Waals surface area contributed by atoms with Gasteiger partial charge in [-0.15, -0.1) is 0 Å². The average molecular weight is 632 g/mol. The number of hydrogen-bond acceptors (Lipinski definition) is 6. The number of benzene rings is 2. The summed E-state index contributed by atoms with van der Waals surface area (Å²) in [5.41, 5.74) is 3.22. The van der Waals surface area contributed by atoms with E-state index in [0.29, 0.717) is 32.5 Å². The van der Waals surface area contributed by atoms with Crippen LogP contribution in [0.25, 0.3) is 0 Å². The van der Waals surface area contributed by atoms with Gasteiger partial charge >= 0.3 is 12.1 Å². The van der Waals surface area contributed by atoms with Crippen LogP contribution in [-0.2, 0) is 26.2 Å². The third-order valence-electron chi connectivity index (χ3n) is 9.02. The van der Waals surface area contributed by atoms with Crippen LogP contribution in [0.3, 0.4) is 0 Å². The van der Waals surface area contributed by atoms with Crippen molar-refractivity contribution in [2.75, 3.05) is 31.2 Å². The highest BCUT2D eigenvalue weighted by Crippen LogP contribution is 2.46. The monoisotopic (exact) mass is 631 g/mol. The van der Waals surface area contributed by atoms with Crippen LogP contribution in [0.4, 0.5) is 18.9 Å². The molecule has 1 aliphatic carbocycles. The Hall–Kier alpha value is -3.18. The third kappa shape index (κ3) is 6.88. The molecule has 2 amide bonds. The van der Waals surface area contributed by atoms with Crippen molar-refractivity contribution in [1.29, 1.82) is 0 Å². The minimum absolute atomic E-state index is 0.0103. The van der Waals surface area contributed by atoms with E-state index in [1.165, 1.54) is 28.6 Å². The Bertz CT molecular complexity index is 1430. The molecular formula is C33H40F3N3O4S. The van der Waals surface area contributed by atoms with Gasteiger partial charge in [0.2, 0.25) is 0 Å². The minimum Gasteiger partial charge on any atom is -0.490 e. The number of hydrogen-bond donors (Lipinski definition) is 2. The topological polar surface area (TPSA) is 79.9 Å². The van der Waals surface area contributed by atoms with E-state index in [1.54, 1.807) is 26.0 Å². The van der Waals surface area contributed by atoms with E-state index >= 15 is 0 Å². The normalized spacial score (nSPS) is 26.2. The SMILES string of the molecule is CCC1CCN2CC3(CCc4cc(C)ccc43)COc3ccc(cc32)SNC(=O)C(C)(C)OC/C=C/C1NC(=O)C(F)(F)F. The van der Waals surface area contributed by atoms with Crippen molar-refractivity contribution in [2.24, 2.45) is 5.92 Å². The van der Waals surface area contributed by atoms with E-state index in [9.17, 15) is 22.8 Å². The van der Waals surface area contributed by atoms with Gasteiger partial charge in [-0.2, -0.15) is 13.2 Å². The largest absolute Gasteiger partial charge is 0.490 e. The molecule has 3 unspecified atom stereocenters. The molecule has 0 saturated carbocycles. The van der Waals surface area contributed by atoms with Crippen LogP contribution in [0.1, 0.15) is 56.7 Å². The number of alkyl halides is 3. The summed E-state index contributed by atoms with van der Waals surface area (Å²) >= 11 is 1.20. The predicted molar refractivity (Wildman–Crippen MR) is 165 cm³/mol. The number of halogens is 3. The van der Waals surface area contributed by atoms with Gasteiger partial charge in [-0.1, -0.05) is 49.3 Å². The molecule has 238 valence electrons. The Balaban J connectivity index is 1.53. The fraction of sp³-hybridized carbons (Fsp3) is 0.515. The molecule has 3 atom stereocenters. The van der Waals surface area contributed by atoms with Crippen LogP contribution in [-0.4, -0.2) is 55.9 Å². The van der Waals surface area contributed by atoms with Crippen LogP contribution >= 0.6 is 11.9 Å². The summed E-state index contributed by atoms with van der Waals surface area (Å²) in [6.45, 7) is 8.97. The van der Waals surface area contributed by atoms with Crippen LogP contribution in [0.5, 0.6) is 5.75 Å². The summed E-state index contributed by atoms with van der Waals surface area (Å²) in [7, 11) is 0. The second kappa shape index (κ2) is 12.7. The summed E-state index contributed by atoms with van der Waals surface area (Å²) in [5.74, 6) is -1.90. The zero-order chi connectivity index (χ0) is 31.7. The molecule has 5 rings (SSSR count). The molecule has 2 aromatic rings. The Labute approximate surface area is 261 Å². The van der Waals surface area contributed by atoms with Gasteiger partial charge in [-0.05, 0) is 87.2 Å². The molecule has 2 bridgehead atoms. The molecule has 0 aromatic heterocycles. The van der Waals surface area contributed by atoms with Crippen LogP contribution in [0.2, 0.25) is 0 Å². The third-order valence-corrected chi connectivity index (χ3v) is 9.80.